The smallest absolute Gasteiger partial charge is 0.317 e. The zero-order valence-electron chi connectivity index (χ0n) is 14.6. The first-order chi connectivity index (χ1) is 12.1. The number of hydrogen-bond acceptors (Lipinski definition) is 3. The van der Waals surface area contributed by atoms with Gasteiger partial charge in [0.15, 0.2) is 0 Å². The number of carbonyl (C=O) groups is 2. The molecule has 25 heavy (non-hydrogen) atoms. The molecule has 136 valence electrons. The quantitative estimate of drug-likeness (QED) is 0.901. The number of benzene rings is 1. The lowest BCUT2D eigenvalue weighted by Crippen LogP contribution is -2.53. The van der Waals surface area contributed by atoms with E-state index in [2.05, 4.69) is 10.2 Å². The number of likely N-dealkylation sites (tertiary alicyclic amines) is 1. The molecule has 0 unspecified atom stereocenters. The summed E-state index contributed by atoms with van der Waals surface area (Å²) in [7, 11) is 0. The summed E-state index contributed by atoms with van der Waals surface area (Å²) < 4.78 is 13.0. The van der Waals surface area contributed by atoms with E-state index in [1.165, 1.54) is 12.1 Å². The number of rotatable bonds is 4. The highest BCUT2D eigenvalue weighted by Gasteiger charge is 2.31. The number of urea groups is 1. The molecule has 2 fully saturated rings. The van der Waals surface area contributed by atoms with Crippen LogP contribution in [0.3, 0.4) is 0 Å². The Hall–Kier alpha value is -2.31. The lowest BCUT2D eigenvalue weighted by Gasteiger charge is -2.36. The van der Waals surface area contributed by atoms with E-state index in [4.69, 9.17) is 0 Å². The third-order valence-electron chi connectivity index (χ3n) is 4.79. The summed E-state index contributed by atoms with van der Waals surface area (Å²) in [6.07, 6.45) is 1.32. The predicted octanol–water partition coefficient (Wildman–Crippen LogP) is 1.67. The second-order valence-corrected chi connectivity index (χ2v) is 6.64. The molecule has 0 bridgehead atoms. The third kappa shape index (κ3) is 4.21. The SMILES string of the molecule is CCCN1C[C@H](NC(=O)N2CCN(c3ccc(F)cc3)CC2)CC1=O. The van der Waals surface area contributed by atoms with E-state index >= 15 is 0 Å². The van der Waals surface area contributed by atoms with Crippen LogP contribution in [0.1, 0.15) is 19.8 Å². The Morgan fingerprint density at radius 1 is 1.20 bits per heavy atom. The number of halogens is 1. The molecular weight excluding hydrogens is 323 g/mol. The van der Waals surface area contributed by atoms with Gasteiger partial charge in [-0.15, -0.1) is 0 Å². The van der Waals surface area contributed by atoms with Crippen molar-refractivity contribution in [3.05, 3.63) is 30.1 Å². The Labute approximate surface area is 147 Å². The van der Waals surface area contributed by atoms with Gasteiger partial charge in [-0.1, -0.05) is 6.92 Å². The number of nitrogens with one attached hydrogen (secondary N) is 1. The zero-order valence-corrected chi connectivity index (χ0v) is 14.6. The topological polar surface area (TPSA) is 55.9 Å². The fraction of sp³-hybridized carbons (Fsp3) is 0.556. The zero-order chi connectivity index (χ0) is 17.8. The van der Waals surface area contributed by atoms with Crippen LogP contribution < -0.4 is 10.2 Å². The highest BCUT2D eigenvalue weighted by atomic mass is 19.1. The number of amides is 3. The van der Waals surface area contributed by atoms with Crippen LogP contribution in [0, 0.1) is 5.82 Å². The number of anilines is 1. The molecule has 1 atom stereocenters. The summed E-state index contributed by atoms with van der Waals surface area (Å²) in [6.45, 7) is 6.05. The molecule has 1 N–H and O–H groups in total. The number of nitrogens with zero attached hydrogens (tertiary/aromatic N) is 3. The van der Waals surface area contributed by atoms with E-state index < -0.39 is 0 Å². The minimum atomic E-state index is -0.245. The van der Waals surface area contributed by atoms with Gasteiger partial charge in [0.05, 0.1) is 6.04 Å². The van der Waals surface area contributed by atoms with Crippen LogP contribution in [-0.2, 0) is 4.79 Å². The molecule has 0 saturated carbocycles. The van der Waals surface area contributed by atoms with Gasteiger partial charge in [-0.05, 0) is 30.7 Å². The van der Waals surface area contributed by atoms with Crippen LogP contribution in [0.4, 0.5) is 14.9 Å². The van der Waals surface area contributed by atoms with E-state index in [-0.39, 0.29) is 23.8 Å². The lowest BCUT2D eigenvalue weighted by atomic mass is 10.2. The predicted molar refractivity (Wildman–Crippen MR) is 94.0 cm³/mol. The molecule has 0 aliphatic carbocycles. The molecule has 2 aliphatic heterocycles. The van der Waals surface area contributed by atoms with Crippen LogP contribution in [0.25, 0.3) is 0 Å². The second kappa shape index (κ2) is 7.72. The van der Waals surface area contributed by atoms with Crippen LogP contribution in [-0.4, -0.2) is 67.0 Å². The van der Waals surface area contributed by atoms with Crippen LogP contribution in [0.15, 0.2) is 24.3 Å². The Balaban J connectivity index is 1.47. The summed E-state index contributed by atoms with van der Waals surface area (Å²) in [5.41, 5.74) is 0.970. The molecule has 0 aromatic heterocycles. The Morgan fingerprint density at radius 3 is 2.52 bits per heavy atom. The molecule has 7 heteroatoms. The van der Waals surface area contributed by atoms with Gasteiger partial charge < -0.3 is 20.0 Å². The molecule has 2 saturated heterocycles. The van der Waals surface area contributed by atoms with E-state index in [1.54, 1.807) is 17.0 Å². The third-order valence-corrected chi connectivity index (χ3v) is 4.79. The molecule has 6 nitrogen and oxygen atoms in total. The van der Waals surface area contributed by atoms with Gasteiger partial charge in [-0.3, -0.25) is 4.79 Å². The standard InChI is InChI=1S/C18H25FN4O2/c1-2-7-23-13-15(12-17(23)24)20-18(25)22-10-8-21(9-11-22)16-5-3-14(19)4-6-16/h3-6,15H,2,7-13H2,1H3,(H,20,25)/t15-/m1/s1. The van der Waals surface area contributed by atoms with E-state index in [9.17, 15) is 14.0 Å². The maximum absolute atomic E-state index is 13.0. The van der Waals surface area contributed by atoms with Crippen molar-refractivity contribution in [1.82, 2.24) is 15.1 Å². The summed E-state index contributed by atoms with van der Waals surface area (Å²) in [5, 5.41) is 2.99. The number of hydrogen-bond donors (Lipinski definition) is 1. The van der Waals surface area contributed by atoms with Gasteiger partial charge >= 0.3 is 6.03 Å². The van der Waals surface area contributed by atoms with Gasteiger partial charge in [-0.2, -0.15) is 0 Å². The summed E-state index contributed by atoms with van der Waals surface area (Å²) >= 11 is 0. The molecule has 1 aromatic rings. The van der Waals surface area contributed by atoms with Crippen molar-refractivity contribution < 1.29 is 14.0 Å². The van der Waals surface area contributed by atoms with Gasteiger partial charge in [0.1, 0.15) is 5.82 Å². The molecule has 2 heterocycles. The Morgan fingerprint density at radius 2 is 1.88 bits per heavy atom. The summed E-state index contributed by atoms with van der Waals surface area (Å²) in [5.74, 6) is -0.127. The number of carbonyl (C=O) groups excluding carboxylic acids is 2. The van der Waals surface area contributed by atoms with Crippen LogP contribution in [0.2, 0.25) is 0 Å². The molecular formula is C18H25FN4O2. The minimum Gasteiger partial charge on any atom is -0.368 e. The van der Waals surface area contributed by atoms with E-state index in [0.717, 1.165) is 18.7 Å². The first kappa shape index (κ1) is 17.5. The van der Waals surface area contributed by atoms with Gasteiger partial charge in [0, 0.05) is 51.4 Å². The molecule has 0 radical (unpaired) electrons. The van der Waals surface area contributed by atoms with Crippen molar-refractivity contribution in [3.63, 3.8) is 0 Å². The van der Waals surface area contributed by atoms with Gasteiger partial charge in [0.25, 0.3) is 0 Å². The maximum Gasteiger partial charge on any atom is 0.317 e. The van der Waals surface area contributed by atoms with Crippen molar-refractivity contribution in [2.75, 3.05) is 44.2 Å². The average Bonchev–Trinajstić information content (AvgIpc) is 2.95. The highest BCUT2D eigenvalue weighted by molar-refractivity contribution is 5.81. The monoisotopic (exact) mass is 348 g/mol. The fourth-order valence-electron chi connectivity index (χ4n) is 3.44. The molecule has 3 amide bonds. The average molecular weight is 348 g/mol. The Kier molecular flexibility index (Phi) is 5.40. The first-order valence-electron chi connectivity index (χ1n) is 8.90. The Bertz CT molecular complexity index is 614. The normalized spacial score (nSPS) is 21.0. The number of piperazine rings is 1. The van der Waals surface area contributed by atoms with Crippen molar-refractivity contribution in [2.45, 2.75) is 25.8 Å². The van der Waals surface area contributed by atoms with Crippen molar-refractivity contribution >= 4 is 17.6 Å². The largest absolute Gasteiger partial charge is 0.368 e. The van der Waals surface area contributed by atoms with Gasteiger partial charge in [-0.25, -0.2) is 9.18 Å². The van der Waals surface area contributed by atoms with Crippen molar-refractivity contribution in [1.29, 1.82) is 0 Å². The fourth-order valence-corrected chi connectivity index (χ4v) is 3.44. The van der Waals surface area contributed by atoms with E-state index in [1.807, 2.05) is 11.8 Å². The van der Waals surface area contributed by atoms with Crippen molar-refractivity contribution in [3.8, 4) is 0 Å². The molecule has 0 spiro atoms. The molecule has 1 aromatic carbocycles. The molecule has 3 rings (SSSR count). The van der Waals surface area contributed by atoms with Crippen molar-refractivity contribution in [2.24, 2.45) is 0 Å². The lowest BCUT2D eigenvalue weighted by molar-refractivity contribution is -0.127. The van der Waals surface area contributed by atoms with Crippen LogP contribution >= 0.6 is 0 Å². The van der Waals surface area contributed by atoms with Gasteiger partial charge in [0.2, 0.25) is 5.91 Å². The minimum absolute atomic E-state index is 0.0957. The first-order valence-corrected chi connectivity index (χ1v) is 8.90. The maximum atomic E-state index is 13.0. The molecule has 2 aliphatic rings. The summed E-state index contributed by atoms with van der Waals surface area (Å²) in [4.78, 5) is 30.1. The van der Waals surface area contributed by atoms with Crippen LogP contribution in [0.5, 0.6) is 0 Å². The second-order valence-electron chi connectivity index (χ2n) is 6.64. The highest BCUT2D eigenvalue weighted by Crippen LogP contribution is 2.17. The van der Waals surface area contributed by atoms with E-state index in [0.29, 0.717) is 39.1 Å². The summed E-state index contributed by atoms with van der Waals surface area (Å²) in [6, 6.07) is 6.23.